The highest BCUT2D eigenvalue weighted by atomic mass is 16.4. The van der Waals surface area contributed by atoms with Gasteiger partial charge in [-0.25, -0.2) is 0 Å². The smallest absolute Gasteiger partial charge is 0.305 e. The summed E-state index contributed by atoms with van der Waals surface area (Å²) < 4.78 is 0. The number of hydrogen-bond donors (Lipinski definition) is 10. The average Bonchev–Trinajstić information content (AvgIpc) is 2.85. The lowest BCUT2D eigenvalue weighted by Gasteiger charge is -2.24. The summed E-state index contributed by atoms with van der Waals surface area (Å²) in [7, 11) is 0. The molecule has 0 aliphatic rings. The molecule has 5 atom stereocenters. The number of carboxylic acid groups (broad SMARTS) is 4. The van der Waals surface area contributed by atoms with Crippen molar-refractivity contribution < 1.29 is 63.6 Å². The summed E-state index contributed by atoms with van der Waals surface area (Å²) >= 11 is 0. The summed E-state index contributed by atoms with van der Waals surface area (Å²) in [5, 5.41) is 44.1. The van der Waals surface area contributed by atoms with E-state index in [1.807, 2.05) is 16.0 Å². The molecule has 0 spiro atoms. The van der Waals surface area contributed by atoms with Crippen molar-refractivity contribution >= 4 is 53.8 Å². The number of nitrogens with two attached hydrogens (primary N) is 2. The van der Waals surface area contributed by atoms with Gasteiger partial charge in [0.25, 0.3) is 0 Å². The SMILES string of the molecule is NCCCC[C@@H]([C]=O)NC(=O)[C@H](CC(=O)O)NC(=O)[C@H](CC(=O)O)NC(=O)[C@H](CC(=O)O)NC(=O)[C@@H](N)CC(=O)O. The molecule has 0 aliphatic heterocycles. The third-order valence-electron chi connectivity index (χ3n) is 5.17. The fourth-order valence-corrected chi connectivity index (χ4v) is 3.18. The molecule has 0 aromatic rings. The Hall–Kier alpha value is -4.65. The zero-order valence-corrected chi connectivity index (χ0v) is 21.7. The Morgan fingerprint density at radius 1 is 0.585 bits per heavy atom. The van der Waals surface area contributed by atoms with Gasteiger partial charge in [-0.05, 0) is 25.8 Å². The molecule has 229 valence electrons. The first-order chi connectivity index (χ1) is 19.1. The molecule has 0 unspecified atom stereocenters. The lowest BCUT2D eigenvalue weighted by Crippen LogP contribution is -2.59. The van der Waals surface area contributed by atoms with Crippen LogP contribution < -0.4 is 32.7 Å². The van der Waals surface area contributed by atoms with Crippen LogP contribution in [0.3, 0.4) is 0 Å². The first kappa shape index (κ1) is 36.4. The highest BCUT2D eigenvalue weighted by molar-refractivity contribution is 5.98. The molecule has 0 rings (SSSR count). The number of nitrogens with one attached hydrogen (secondary N) is 4. The van der Waals surface area contributed by atoms with E-state index in [-0.39, 0.29) is 6.42 Å². The van der Waals surface area contributed by atoms with Crippen molar-refractivity contribution in [1.82, 2.24) is 21.3 Å². The molecule has 0 bridgehead atoms. The van der Waals surface area contributed by atoms with Crippen LogP contribution in [0.25, 0.3) is 0 Å². The molecule has 19 heteroatoms. The van der Waals surface area contributed by atoms with Crippen LogP contribution in [0.2, 0.25) is 0 Å². The molecule has 19 nitrogen and oxygen atoms in total. The minimum Gasteiger partial charge on any atom is -0.481 e. The highest BCUT2D eigenvalue weighted by Gasteiger charge is 2.34. The monoisotopic (exact) mass is 589 g/mol. The largest absolute Gasteiger partial charge is 0.481 e. The molecule has 0 aliphatic carbocycles. The number of unbranched alkanes of at least 4 members (excludes halogenated alkanes) is 1. The number of rotatable bonds is 21. The Morgan fingerprint density at radius 3 is 1.29 bits per heavy atom. The normalized spacial score (nSPS) is 14.2. The predicted octanol–water partition coefficient (Wildman–Crippen LogP) is -4.61. The topological polar surface area (TPSA) is 335 Å². The molecule has 0 aromatic heterocycles. The molecule has 1 radical (unpaired) electrons. The Labute approximate surface area is 232 Å². The molecule has 0 saturated heterocycles. The summed E-state index contributed by atoms with van der Waals surface area (Å²) in [5.41, 5.74) is 10.7. The number of carbonyl (C=O) groups is 8. The first-order valence-electron chi connectivity index (χ1n) is 12.0. The van der Waals surface area contributed by atoms with Gasteiger partial charge < -0.3 is 53.2 Å². The third-order valence-corrected chi connectivity index (χ3v) is 5.17. The van der Waals surface area contributed by atoms with E-state index in [0.29, 0.717) is 19.4 Å². The maximum atomic E-state index is 12.8. The van der Waals surface area contributed by atoms with Crippen molar-refractivity contribution in [3.05, 3.63) is 0 Å². The third kappa shape index (κ3) is 15.5. The van der Waals surface area contributed by atoms with E-state index in [0.717, 1.165) is 0 Å². The van der Waals surface area contributed by atoms with Crippen LogP contribution >= 0.6 is 0 Å². The van der Waals surface area contributed by atoms with E-state index in [1.165, 1.54) is 0 Å². The molecular formula is C22H33N6O13. The highest BCUT2D eigenvalue weighted by Crippen LogP contribution is 2.04. The van der Waals surface area contributed by atoms with Gasteiger partial charge in [0.2, 0.25) is 29.9 Å². The van der Waals surface area contributed by atoms with Gasteiger partial charge in [0.1, 0.15) is 18.1 Å². The van der Waals surface area contributed by atoms with Gasteiger partial charge in [0, 0.05) is 0 Å². The van der Waals surface area contributed by atoms with Crippen molar-refractivity contribution in [2.24, 2.45) is 11.5 Å². The van der Waals surface area contributed by atoms with Gasteiger partial charge in [-0.3, -0.25) is 43.2 Å². The van der Waals surface area contributed by atoms with Crippen molar-refractivity contribution in [2.75, 3.05) is 6.54 Å². The minimum atomic E-state index is -2.01. The summed E-state index contributed by atoms with van der Waals surface area (Å²) in [6.45, 7) is 0.306. The Bertz CT molecular complexity index is 1000. The van der Waals surface area contributed by atoms with Crippen molar-refractivity contribution in [1.29, 1.82) is 0 Å². The van der Waals surface area contributed by atoms with Gasteiger partial charge in [0.15, 0.2) is 0 Å². The molecule has 0 aromatic carbocycles. The zero-order chi connectivity index (χ0) is 31.7. The van der Waals surface area contributed by atoms with Crippen molar-refractivity contribution in [2.45, 2.75) is 75.2 Å². The lowest BCUT2D eigenvalue weighted by atomic mass is 10.1. The van der Waals surface area contributed by atoms with E-state index < -0.39 is 103 Å². The minimum absolute atomic E-state index is 0.102. The van der Waals surface area contributed by atoms with Crippen LogP contribution in [-0.4, -0.2) is 111 Å². The van der Waals surface area contributed by atoms with Crippen LogP contribution in [-0.2, 0) is 43.2 Å². The van der Waals surface area contributed by atoms with Crippen LogP contribution in [0, 0.1) is 0 Å². The summed E-state index contributed by atoms with van der Waals surface area (Å²) in [5.74, 6) is -11.5. The Kier molecular flexibility index (Phi) is 16.5. The quantitative estimate of drug-likeness (QED) is 0.0563. The van der Waals surface area contributed by atoms with Gasteiger partial charge in [-0.1, -0.05) is 0 Å². The molecule has 41 heavy (non-hydrogen) atoms. The fourth-order valence-electron chi connectivity index (χ4n) is 3.18. The standard InChI is InChI=1S/C22H33N6O13/c23-4-2-1-3-10(9-29)25-20(39)12(6-16(32)33)27-22(41)14(8-18(36)37)28-21(40)13(7-17(34)35)26-19(38)11(24)5-15(30)31/h10-14H,1-8,23-24H2,(H,25,39)(H,26,38)(H,27,41)(H,28,40)(H,30,31)(H,32,33)(H,34,35)(H,36,37)/t10-,11-,12-,13-,14-/m0/s1. The van der Waals surface area contributed by atoms with E-state index >= 15 is 0 Å². The molecule has 0 heterocycles. The summed E-state index contributed by atoms with van der Waals surface area (Å²) in [6.07, 6.45) is -1.54. The van der Waals surface area contributed by atoms with E-state index in [1.54, 1.807) is 6.29 Å². The van der Waals surface area contributed by atoms with Gasteiger partial charge >= 0.3 is 23.9 Å². The van der Waals surface area contributed by atoms with E-state index in [4.69, 9.17) is 26.8 Å². The molecule has 12 N–H and O–H groups in total. The average molecular weight is 590 g/mol. The zero-order valence-electron chi connectivity index (χ0n) is 21.7. The number of aliphatic carboxylic acids is 4. The van der Waals surface area contributed by atoms with E-state index in [2.05, 4.69) is 5.32 Å². The predicted molar refractivity (Wildman–Crippen MR) is 133 cm³/mol. The second-order valence-electron chi connectivity index (χ2n) is 8.64. The van der Waals surface area contributed by atoms with Crippen LogP contribution in [0.4, 0.5) is 0 Å². The van der Waals surface area contributed by atoms with Crippen LogP contribution in [0.15, 0.2) is 0 Å². The summed E-state index contributed by atoms with van der Waals surface area (Å²) in [6, 6.07) is -8.66. The number of amides is 4. The van der Waals surface area contributed by atoms with Crippen LogP contribution in [0.1, 0.15) is 44.9 Å². The number of hydrogen-bond acceptors (Lipinski definition) is 11. The van der Waals surface area contributed by atoms with Gasteiger partial charge in [-0.15, -0.1) is 0 Å². The van der Waals surface area contributed by atoms with Crippen LogP contribution in [0.5, 0.6) is 0 Å². The van der Waals surface area contributed by atoms with Gasteiger partial charge in [0.05, 0.1) is 37.8 Å². The Balaban J connectivity index is 5.80. The molecule has 4 amide bonds. The maximum Gasteiger partial charge on any atom is 0.305 e. The molecular weight excluding hydrogens is 556 g/mol. The second kappa shape index (κ2) is 18.6. The second-order valence-corrected chi connectivity index (χ2v) is 8.64. The number of carbonyl (C=O) groups excluding carboxylic acids is 5. The Morgan fingerprint density at radius 2 is 0.951 bits per heavy atom. The lowest BCUT2D eigenvalue weighted by molar-refractivity contribution is -0.144. The molecule has 0 fully saturated rings. The summed E-state index contributed by atoms with van der Waals surface area (Å²) in [4.78, 5) is 106. The van der Waals surface area contributed by atoms with Crippen molar-refractivity contribution in [3.8, 4) is 0 Å². The maximum absolute atomic E-state index is 12.8. The number of carboxylic acids is 4. The first-order valence-corrected chi connectivity index (χ1v) is 12.0. The van der Waals surface area contributed by atoms with Crippen molar-refractivity contribution in [3.63, 3.8) is 0 Å². The van der Waals surface area contributed by atoms with E-state index in [9.17, 15) is 48.3 Å². The fraction of sp³-hybridized carbons (Fsp3) is 0.591. The molecule has 0 saturated carbocycles. The van der Waals surface area contributed by atoms with Gasteiger partial charge in [-0.2, -0.15) is 0 Å².